The van der Waals surface area contributed by atoms with Crippen molar-refractivity contribution < 1.29 is 19.0 Å². The average Bonchev–Trinajstić information content (AvgIpc) is 2.51. The van der Waals surface area contributed by atoms with Gasteiger partial charge in [-0.15, -0.1) is 0 Å². The maximum atomic E-state index is 11.4. The molecule has 1 aliphatic heterocycles. The molecule has 6 heteroatoms. The van der Waals surface area contributed by atoms with E-state index in [9.17, 15) is 4.79 Å². The second-order valence-corrected chi connectivity index (χ2v) is 4.37. The van der Waals surface area contributed by atoms with Crippen LogP contribution in [0.4, 0.5) is 0 Å². The first-order valence-corrected chi connectivity index (χ1v) is 6.69. The summed E-state index contributed by atoms with van der Waals surface area (Å²) in [6.45, 7) is 2.62. The number of esters is 1. The minimum Gasteiger partial charge on any atom is -0.486 e. The van der Waals surface area contributed by atoms with E-state index in [1.54, 1.807) is 6.92 Å². The molecule has 0 fully saturated rings. The van der Waals surface area contributed by atoms with Crippen LogP contribution in [0.5, 0.6) is 11.5 Å². The fraction of sp³-hybridized carbons (Fsp3) is 0.400. The summed E-state index contributed by atoms with van der Waals surface area (Å²) >= 11 is 0. The summed E-state index contributed by atoms with van der Waals surface area (Å²) in [6.07, 6.45) is 1.06. The third-order valence-electron chi connectivity index (χ3n) is 2.81. The van der Waals surface area contributed by atoms with Gasteiger partial charge in [0.2, 0.25) is 0 Å². The van der Waals surface area contributed by atoms with Gasteiger partial charge in [-0.3, -0.25) is 9.79 Å². The van der Waals surface area contributed by atoms with E-state index >= 15 is 0 Å². The van der Waals surface area contributed by atoms with Crippen LogP contribution in [0.15, 0.2) is 29.3 Å². The quantitative estimate of drug-likeness (QED) is 0.607. The fourth-order valence-electron chi connectivity index (χ4n) is 1.82. The first-order chi connectivity index (χ1) is 10.2. The third kappa shape index (κ3) is 3.96. The van der Waals surface area contributed by atoms with Crippen LogP contribution >= 0.6 is 0 Å². The average molecular weight is 288 g/mol. The van der Waals surface area contributed by atoms with Gasteiger partial charge in [0.15, 0.2) is 23.5 Å². The molecule has 110 valence electrons. The van der Waals surface area contributed by atoms with Gasteiger partial charge in [-0.25, -0.2) is 0 Å². The van der Waals surface area contributed by atoms with E-state index in [1.165, 1.54) is 6.21 Å². The van der Waals surface area contributed by atoms with Crippen molar-refractivity contribution in [1.82, 2.24) is 0 Å². The maximum Gasteiger partial charge on any atom is 0.328 e. The highest BCUT2D eigenvalue weighted by atomic mass is 16.6. The smallest absolute Gasteiger partial charge is 0.328 e. The molecule has 6 nitrogen and oxygen atoms in total. The minimum absolute atomic E-state index is 0.237. The molecule has 0 saturated carbocycles. The number of rotatable bonds is 5. The lowest BCUT2D eigenvalue weighted by atomic mass is 10.2. The van der Waals surface area contributed by atoms with Gasteiger partial charge in [-0.1, -0.05) is 12.1 Å². The summed E-state index contributed by atoms with van der Waals surface area (Å²) in [5.41, 5.74) is 0. The molecule has 21 heavy (non-hydrogen) atoms. The number of aliphatic imine (C=N–C) groups is 1. The van der Waals surface area contributed by atoms with E-state index in [4.69, 9.17) is 19.5 Å². The normalized spacial score (nSPS) is 18.0. The van der Waals surface area contributed by atoms with Crippen molar-refractivity contribution in [2.75, 3.05) is 19.8 Å². The van der Waals surface area contributed by atoms with Crippen LogP contribution in [0.3, 0.4) is 0 Å². The van der Waals surface area contributed by atoms with Crippen LogP contribution in [-0.4, -0.2) is 38.0 Å². The maximum absolute atomic E-state index is 11.4. The molecule has 2 atom stereocenters. The molecule has 0 radical (unpaired) electrons. The van der Waals surface area contributed by atoms with Crippen LogP contribution in [0.1, 0.15) is 6.92 Å². The van der Waals surface area contributed by atoms with E-state index in [2.05, 4.69) is 4.99 Å². The van der Waals surface area contributed by atoms with E-state index in [-0.39, 0.29) is 12.7 Å². The number of benzene rings is 1. The Balaban J connectivity index is 1.88. The van der Waals surface area contributed by atoms with E-state index in [0.29, 0.717) is 24.7 Å². The Morgan fingerprint density at radius 2 is 2.33 bits per heavy atom. The van der Waals surface area contributed by atoms with Crippen molar-refractivity contribution in [3.63, 3.8) is 0 Å². The lowest BCUT2D eigenvalue weighted by Gasteiger charge is -2.25. The highest BCUT2D eigenvalue weighted by molar-refractivity contribution is 5.92. The molecule has 0 aromatic heterocycles. The van der Waals surface area contributed by atoms with Crippen LogP contribution < -0.4 is 9.47 Å². The molecule has 2 rings (SSSR count). The van der Waals surface area contributed by atoms with Crippen molar-refractivity contribution in [2.24, 2.45) is 10.9 Å². The monoisotopic (exact) mass is 288 g/mol. The second kappa shape index (κ2) is 7.29. The van der Waals surface area contributed by atoms with Gasteiger partial charge in [0.05, 0.1) is 19.2 Å². The lowest BCUT2D eigenvalue weighted by Crippen LogP contribution is -2.32. The van der Waals surface area contributed by atoms with Crippen molar-refractivity contribution in [2.45, 2.75) is 13.0 Å². The standard InChI is InChI=1S/C15H16N2O4/c1-2-19-15(18)11(7-16)8-17-9-12-10-20-13-5-3-4-6-14(13)21-12/h3-6,8,11-12H,2,9-10H2,1H3/t11-,12+/m0/s1. The lowest BCUT2D eigenvalue weighted by molar-refractivity contribution is -0.143. The predicted molar refractivity (Wildman–Crippen MR) is 75.4 cm³/mol. The number of fused-ring (bicyclic) bond motifs is 1. The summed E-state index contributed by atoms with van der Waals surface area (Å²) in [7, 11) is 0. The Hall–Kier alpha value is -2.55. The Morgan fingerprint density at radius 3 is 3.05 bits per heavy atom. The second-order valence-electron chi connectivity index (χ2n) is 4.37. The Kier molecular flexibility index (Phi) is 5.16. The Labute approximate surface area is 123 Å². The van der Waals surface area contributed by atoms with Gasteiger partial charge in [0, 0.05) is 6.21 Å². The number of ether oxygens (including phenoxy) is 3. The summed E-state index contributed by atoms with van der Waals surface area (Å²) < 4.78 is 16.0. The van der Waals surface area contributed by atoms with Gasteiger partial charge < -0.3 is 14.2 Å². The zero-order valence-corrected chi connectivity index (χ0v) is 11.7. The third-order valence-corrected chi connectivity index (χ3v) is 2.81. The van der Waals surface area contributed by atoms with Gasteiger partial charge >= 0.3 is 5.97 Å². The number of hydrogen-bond donors (Lipinski definition) is 0. The first kappa shape index (κ1) is 14.9. The molecule has 1 heterocycles. The minimum atomic E-state index is -0.984. The molecule has 0 amide bonds. The van der Waals surface area contributed by atoms with Crippen molar-refractivity contribution in [1.29, 1.82) is 5.26 Å². The Bertz CT molecular complexity index is 565. The highest BCUT2D eigenvalue weighted by Crippen LogP contribution is 2.30. The van der Waals surface area contributed by atoms with Crippen LogP contribution in [0, 0.1) is 17.2 Å². The molecular formula is C15H16N2O4. The Morgan fingerprint density at radius 1 is 1.57 bits per heavy atom. The van der Waals surface area contributed by atoms with Crippen LogP contribution in [-0.2, 0) is 9.53 Å². The first-order valence-electron chi connectivity index (χ1n) is 6.69. The largest absolute Gasteiger partial charge is 0.486 e. The number of nitriles is 1. The van der Waals surface area contributed by atoms with Crippen molar-refractivity contribution >= 4 is 12.2 Å². The number of para-hydroxylation sites is 2. The number of carbonyl (C=O) groups excluding carboxylic acids is 1. The van der Waals surface area contributed by atoms with Gasteiger partial charge in [0.1, 0.15) is 6.61 Å². The topological polar surface area (TPSA) is 80.9 Å². The molecule has 0 spiro atoms. The molecule has 1 aromatic carbocycles. The molecule has 0 aliphatic carbocycles. The van der Waals surface area contributed by atoms with Crippen molar-refractivity contribution in [3.8, 4) is 17.6 Å². The van der Waals surface area contributed by atoms with Gasteiger partial charge in [-0.05, 0) is 19.1 Å². The molecule has 1 aliphatic rings. The van der Waals surface area contributed by atoms with Crippen LogP contribution in [0.2, 0.25) is 0 Å². The van der Waals surface area contributed by atoms with Crippen LogP contribution in [0.25, 0.3) is 0 Å². The number of carbonyl (C=O) groups is 1. The summed E-state index contributed by atoms with van der Waals surface area (Å²) in [6, 6.07) is 9.23. The van der Waals surface area contributed by atoms with Gasteiger partial charge in [-0.2, -0.15) is 5.26 Å². The summed E-state index contributed by atoms with van der Waals surface area (Å²) in [5.74, 6) is -0.193. The molecule has 0 bridgehead atoms. The highest BCUT2D eigenvalue weighted by Gasteiger charge is 2.21. The number of nitrogens with zero attached hydrogens (tertiary/aromatic N) is 2. The summed E-state index contributed by atoms with van der Waals surface area (Å²) in [4.78, 5) is 15.5. The molecular weight excluding hydrogens is 272 g/mol. The summed E-state index contributed by atoms with van der Waals surface area (Å²) in [5, 5.41) is 8.89. The fourth-order valence-corrected chi connectivity index (χ4v) is 1.82. The molecule has 1 aromatic rings. The zero-order chi connectivity index (χ0) is 15.1. The SMILES string of the molecule is CCOC(=O)[C@@H](C#N)C=NC[C@@H]1COc2ccccc2O1. The zero-order valence-electron chi connectivity index (χ0n) is 11.7. The number of hydrogen-bond acceptors (Lipinski definition) is 6. The predicted octanol–water partition coefficient (Wildman–Crippen LogP) is 1.60. The van der Waals surface area contributed by atoms with E-state index in [0.717, 1.165) is 0 Å². The van der Waals surface area contributed by atoms with E-state index in [1.807, 2.05) is 30.3 Å². The van der Waals surface area contributed by atoms with E-state index < -0.39 is 11.9 Å². The van der Waals surface area contributed by atoms with Gasteiger partial charge in [0.25, 0.3) is 0 Å². The molecule has 0 saturated heterocycles. The van der Waals surface area contributed by atoms with Crippen molar-refractivity contribution in [3.05, 3.63) is 24.3 Å². The molecule has 0 N–H and O–H groups in total. The molecule has 0 unspecified atom stereocenters.